The Hall–Kier alpha value is -5.92. The lowest BCUT2D eigenvalue weighted by Crippen LogP contribution is -2.00. The monoisotopic (exact) mass is 536 g/mol. The van der Waals surface area contributed by atoms with E-state index in [1.807, 2.05) is 91.0 Å². The van der Waals surface area contributed by atoms with Crippen molar-refractivity contribution in [3.8, 4) is 56.4 Å². The van der Waals surface area contributed by atoms with Crippen molar-refractivity contribution in [1.82, 2.24) is 15.0 Å². The van der Waals surface area contributed by atoms with Crippen molar-refractivity contribution in [2.45, 2.75) is 0 Å². The van der Waals surface area contributed by atoms with Gasteiger partial charge in [-0.15, -0.1) is 0 Å². The predicted octanol–water partition coefficient (Wildman–Crippen LogP) is 9.91. The summed E-state index contributed by atoms with van der Waals surface area (Å²) in [6.07, 6.45) is 0. The van der Waals surface area contributed by atoms with Gasteiger partial charge in [0.05, 0.1) is 6.57 Å². The molecule has 0 aliphatic rings. The summed E-state index contributed by atoms with van der Waals surface area (Å²) in [7, 11) is 0. The van der Waals surface area contributed by atoms with Gasteiger partial charge in [0.25, 0.3) is 0 Å². The summed E-state index contributed by atoms with van der Waals surface area (Å²) in [5, 5.41) is 2.26. The van der Waals surface area contributed by atoms with E-state index in [-0.39, 0.29) is 0 Å². The first kappa shape index (κ1) is 25.1. The Balaban J connectivity index is 1.33. The summed E-state index contributed by atoms with van der Waals surface area (Å²) in [6.45, 7) is 7.71. The fourth-order valence-electron chi connectivity index (χ4n) is 5.25. The molecule has 0 radical (unpaired) electrons. The van der Waals surface area contributed by atoms with Gasteiger partial charge < -0.3 is 0 Å². The minimum absolute atomic E-state index is 0.624. The fraction of sp³-hybridized carbons (Fsp3) is 0. The molecule has 0 N–H and O–H groups in total. The van der Waals surface area contributed by atoms with Crippen LogP contribution in [0.5, 0.6) is 0 Å². The first-order chi connectivity index (χ1) is 20.8. The van der Waals surface area contributed by atoms with Crippen LogP contribution in [0.2, 0.25) is 0 Å². The number of rotatable bonds is 5. The Labute approximate surface area is 244 Å². The highest BCUT2D eigenvalue weighted by Crippen LogP contribution is 2.39. The highest BCUT2D eigenvalue weighted by atomic mass is 15.0. The van der Waals surface area contributed by atoms with Crippen LogP contribution in [-0.2, 0) is 0 Å². The van der Waals surface area contributed by atoms with Crippen molar-refractivity contribution in [2.75, 3.05) is 0 Å². The summed E-state index contributed by atoms with van der Waals surface area (Å²) in [5.41, 5.74) is 7.60. The topological polar surface area (TPSA) is 43.0 Å². The molecule has 7 aromatic rings. The van der Waals surface area contributed by atoms with Crippen molar-refractivity contribution in [3.63, 3.8) is 0 Å². The SMILES string of the molecule is [C-]#[N+]c1ccccc1-c1cc(-c2ccc(-c3nc(-c4ccccc4)nc(-c4ccccc4)n3)cc2)cc2ccccc12. The van der Waals surface area contributed by atoms with Crippen LogP contribution >= 0.6 is 0 Å². The number of hydrogen-bond donors (Lipinski definition) is 0. The van der Waals surface area contributed by atoms with Crippen molar-refractivity contribution < 1.29 is 0 Å². The Bertz CT molecular complexity index is 2020. The molecule has 0 aliphatic heterocycles. The van der Waals surface area contributed by atoms with Gasteiger partial charge in [0.2, 0.25) is 0 Å². The molecule has 0 aliphatic carbocycles. The standard InChI is InChI=1S/C38H24N4/c1-39-35-19-11-10-18-33(35)34-25-31(24-30-16-8-9-17-32(30)34)26-20-22-29(23-21-26)38-41-36(27-12-4-2-5-13-27)40-37(42-38)28-14-6-3-7-15-28/h2-25H. The van der Waals surface area contributed by atoms with Gasteiger partial charge in [-0.05, 0) is 45.2 Å². The van der Waals surface area contributed by atoms with Gasteiger partial charge >= 0.3 is 0 Å². The molecule has 42 heavy (non-hydrogen) atoms. The molecular formula is C38H24N4. The molecular weight excluding hydrogens is 512 g/mol. The van der Waals surface area contributed by atoms with E-state index in [1.54, 1.807) is 0 Å². The molecule has 0 atom stereocenters. The summed E-state index contributed by atoms with van der Waals surface area (Å²) in [5.74, 6) is 1.90. The van der Waals surface area contributed by atoms with Crippen LogP contribution in [0.15, 0.2) is 146 Å². The molecule has 0 bridgehead atoms. The van der Waals surface area contributed by atoms with E-state index in [0.29, 0.717) is 23.2 Å². The Morgan fingerprint density at radius 2 is 0.905 bits per heavy atom. The van der Waals surface area contributed by atoms with Gasteiger partial charge in [-0.3, -0.25) is 0 Å². The average molecular weight is 537 g/mol. The molecule has 0 saturated carbocycles. The van der Waals surface area contributed by atoms with Crippen LogP contribution in [0.25, 0.3) is 72.0 Å². The lowest BCUT2D eigenvalue weighted by atomic mass is 9.92. The van der Waals surface area contributed by atoms with E-state index in [1.165, 1.54) is 0 Å². The molecule has 4 heteroatoms. The molecule has 0 saturated heterocycles. The number of para-hydroxylation sites is 1. The maximum atomic E-state index is 7.71. The van der Waals surface area contributed by atoms with Crippen LogP contribution in [-0.4, -0.2) is 15.0 Å². The highest BCUT2D eigenvalue weighted by molar-refractivity contribution is 6.02. The molecule has 0 fully saturated rings. The summed E-state index contributed by atoms with van der Waals surface area (Å²) < 4.78 is 0. The van der Waals surface area contributed by atoms with E-state index >= 15 is 0 Å². The van der Waals surface area contributed by atoms with Gasteiger partial charge in [0.15, 0.2) is 23.2 Å². The molecule has 6 aromatic carbocycles. The first-order valence-corrected chi connectivity index (χ1v) is 13.7. The van der Waals surface area contributed by atoms with Crippen LogP contribution in [0, 0.1) is 6.57 Å². The summed E-state index contributed by atoms with van der Waals surface area (Å²) >= 11 is 0. The number of nitrogens with zero attached hydrogens (tertiary/aromatic N) is 4. The number of fused-ring (bicyclic) bond motifs is 1. The van der Waals surface area contributed by atoms with Gasteiger partial charge in [0.1, 0.15) is 0 Å². The second-order valence-corrected chi connectivity index (χ2v) is 9.99. The number of benzene rings is 6. The smallest absolute Gasteiger partial charge is 0.194 e. The van der Waals surface area contributed by atoms with Crippen LogP contribution in [0.1, 0.15) is 0 Å². The lowest BCUT2D eigenvalue weighted by molar-refractivity contribution is 1.07. The van der Waals surface area contributed by atoms with E-state index in [4.69, 9.17) is 21.5 Å². The molecule has 196 valence electrons. The zero-order valence-electron chi connectivity index (χ0n) is 22.6. The maximum absolute atomic E-state index is 7.71. The number of hydrogen-bond acceptors (Lipinski definition) is 3. The minimum atomic E-state index is 0.624. The third kappa shape index (κ3) is 4.81. The van der Waals surface area contributed by atoms with Gasteiger partial charge in [-0.25, -0.2) is 19.8 Å². The Morgan fingerprint density at radius 1 is 0.405 bits per heavy atom. The van der Waals surface area contributed by atoms with Crippen molar-refractivity contribution in [3.05, 3.63) is 157 Å². The zero-order chi connectivity index (χ0) is 28.3. The quantitative estimate of drug-likeness (QED) is 0.206. The lowest BCUT2D eigenvalue weighted by Gasteiger charge is -2.13. The fourth-order valence-corrected chi connectivity index (χ4v) is 5.25. The Morgan fingerprint density at radius 3 is 1.52 bits per heavy atom. The van der Waals surface area contributed by atoms with E-state index in [2.05, 4.69) is 59.4 Å². The zero-order valence-corrected chi connectivity index (χ0v) is 22.6. The Kier molecular flexibility index (Phi) is 6.52. The van der Waals surface area contributed by atoms with Crippen LogP contribution in [0.4, 0.5) is 5.69 Å². The second-order valence-electron chi connectivity index (χ2n) is 9.99. The first-order valence-electron chi connectivity index (χ1n) is 13.7. The molecule has 0 spiro atoms. The molecule has 7 rings (SSSR count). The third-order valence-corrected chi connectivity index (χ3v) is 7.35. The van der Waals surface area contributed by atoms with Gasteiger partial charge in [-0.1, -0.05) is 133 Å². The average Bonchev–Trinajstić information content (AvgIpc) is 3.08. The van der Waals surface area contributed by atoms with Crippen LogP contribution in [0.3, 0.4) is 0 Å². The predicted molar refractivity (Wildman–Crippen MR) is 171 cm³/mol. The van der Waals surface area contributed by atoms with Gasteiger partial charge in [0, 0.05) is 16.7 Å². The largest absolute Gasteiger partial charge is 0.238 e. The van der Waals surface area contributed by atoms with Crippen molar-refractivity contribution in [1.29, 1.82) is 0 Å². The summed E-state index contributed by atoms with van der Waals surface area (Å²) in [6, 6.07) is 48.9. The van der Waals surface area contributed by atoms with Crippen LogP contribution < -0.4 is 0 Å². The third-order valence-electron chi connectivity index (χ3n) is 7.35. The molecule has 1 heterocycles. The highest BCUT2D eigenvalue weighted by Gasteiger charge is 2.14. The van der Waals surface area contributed by atoms with E-state index < -0.39 is 0 Å². The molecule has 1 aromatic heterocycles. The van der Waals surface area contributed by atoms with E-state index in [9.17, 15) is 0 Å². The molecule has 0 amide bonds. The van der Waals surface area contributed by atoms with E-state index in [0.717, 1.165) is 49.7 Å². The molecule has 4 nitrogen and oxygen atoms in total. The van der Waals surface area contributed by atoms with Crippen molar-refractivity contribution in [2.24, 2.45) is 0 Å². The van der Waals surface area contributed by atoms with Crippen molar-refractivity contribution >= 4 is 16.5 Å². The second kappa shape index (κ2) is 10.9. The maximum Gasteiger partial charge on any atom is 0.194 e. The normalized spacial score (nSPS) is 10.8. The minimum Gasteiger partial charge on any atom is -0.238 e. The summed E-state index contributed by atoms with van der Waals surface area (Å²) in [4.78, 5) is 18.3. The van der Waals surface area contributed by atoms with Gasteiger partial charge in [-0.2, -0.15) is 0 Å². The molecule has 0 unspecified atom stereocenters. The number of aromatic nitrogens is 3.